The van der Waals surface area contributed by atoms with Crippen LogP contribution in [0.5, 0.6) is 5.75 Å². The van der Waals surface area contributed by atoms with E-state index in [1.54, 1.807) is 4.90 Å². The first-order valence-electron chi connectivity index (χ1n) is 12.0. The zero-order chi connectivity index (χ0) is 22.9. The van der Waals surface area contributed by atoms with Gasteiger partial charge in [-0.1, -0.05) is 12.1 Å². The van der Waals surface area contributed by atoms with Gasteiger partial charge in [-0.25, -0.2) is 4.79 Å². The number of likely N-dealkylation sites (tertiary alicyclic amines) is 2. The highest BCUT2D eigenvalue weighted by molar-refractivity contribution is 5.95. The van der Waals surface area contributed by atoms with Crippen molar-refractivity contribution in [2.24, 2.45) is 5.92 Å². The van der Waals surface area contributed by atoms with Crippen LogP contribution < -0.4 is 10.1 Å². The molecule has 174 valence electrons. The zero-order valence-corrected chi connectivity index (χ0v) is 19.0. The lowest BCUT2D eigenvalue weighted by atomic mass is 9.79. The minimum absolute atomic E-state index is 0.00817. The molecule has 3 aliphatic rings. The number of ether oxygens (including phenoxy) is 1. The molecule has 0 aromatic heterocycles. The highest BCUT2D eigenvalue weighted by atomic mass is 16.5. The number of nitrogens with zero attached hydrogens (tertiary/aromatic N) is 2. The molecule has 2 saturated heterocycles. The van der Waals surface area contributed by atoms with Gasteiger partial charge in [-0.15, -0.1) is 0 Å². The lowest BCUT2D eigenvalue weighted by Gasteiger charge is -2.39. The molecule has 5 rings (SSSR count). The number of hydrogen-bond donors (Lipinski definition) is 2. The van der Waals surface area contributed by atoms with Crippen molar-refractivity contribution < 1.29 is 19.4 Å². The zero-order valence-electron chi connectivity index (χ0n) is 19.0. The van der Waals surface area contributed by atoms with Gasteiger partial charge in [-0.2, -0.15) is 0 Å². The summed E-state index contributed by atoms with van der Waals surface area (Å²) in [5, 5.41) is 13.6. The molecular formula is C26H31N3O4. The largest absolute Gasteiger partial charge is 0.494 e. The van der Waals surface area contributed by atoms with Crippen LogP contribution in [0, 0.1) is 5.92 Å². The molecule has 2 amide bonds. The predicted molar refractivity (Wildman–Crippen MR) is 126 cm³/mol. The molecule has 0 bridgehead atoms. The normalized spacial score (nSPS) is 24.0. The molecule has 2 fully saturated rings. The van der Waals surface area contributed by atoms with E-state index >= 15 is 0 Å². The van der Waals surface area contributed by atoms with E-state index in [4.69, 9.17) is 4.74 Å². The second-order valence-electron chi connectivity index (χ2n) is 9.15. The molecule has 7 nitrogen and oxygen atoms in total. The molecule has 0 radical (unpaired) electrons. The highest BCUT2D eigenvalue weighted by Gasteiger charge is 2.46. The first-order chi connectivity index (χ1) is 16.1. The molecule has 2 N–H and O–H groups in total. The number of nitrogens with one attached hydrogen (secondary N) is 1. The number of carbonyl (C=O) groups excluding carboxylic acids is 1. The van der Waals surface area contributed by atoms with Gasteiger partial charge in [0.25, 0.3) is 5.91 Å². The van der Waals surface area contributed by atoms with Crippen LogP contribution in [0.1, 0.15) is 66.2 Å². The van der Waals surface area contributed by atoms with Gasteiger partial charge in [0.05, 0.1) is 18.7 Å². The smallest absolute Gasteiger partial charge is 0.407 e. The number of rotatable bonds is 4. The van der Waals surface area contributed by atoms with Crippen LogP contribution in [-0.4, -0.2) is 53.1 Å². The topological polar surface area (TPSA) is 82.1 Å². The number of carboxylic acid groups (broad SMARTS) is 1. The van der Waals surface area contributed by atoms with Gasteiger partial charge >= 0.3 is 6.09 Å². The molecule has 2 aromatic rings. The van der Waals surface area contributed by atoms with E-state index < -0.39 is 6.09 Å². The third-order valence-electron chi connectivity index (χ3n) is 7.24. The summed E-state index contributed by atoms with van der Waals surface area (Å²) in [6, 6.07) is 13.5. The molecule has 7 heteroatoms. The minimum Gasteiger partial charge on any atom is -0.494 e. The summed E-state index contributed by atoms with van der Waals surface area (Å²) in [6.07, 6.45) is 3.11. The van der Waals surface area contributed by atoms with Crippen molar-refractivity contribution >= 4 is 17.7 Å². The van der Waals surface area contributed by atoms with Gasteiger partial charge in [0, 0.05) is 36.8 Å². The summed E-state index contributed by atoms with van der Waals surface area (Å²) in [5.41, 5.74) is 3.57. The van der Waals surface area contributed by atoms with Crippen molar-refractivity contribution in [1.82, 2.24) is 9.80 Å². The molecule has 2 aromatic carbocycles. The van der Waals surface area contributed by atoms with Crippen molar-refractivity contribution in [3.63, 3.8) is 0 Å². The number of carbonyl (C=O) groups is 2. The van der Waals surface area contributed by atoms with Gasteiger partial charge in [0.2, 0.25) is 0 Å². The number of amides is 2. The average molecular weight is 450 g/mol. The molecule has 0 saturated carbocycles. The lowest BCUT2D eigenvalue weighted by molar-refractivity contribution is 0.0724. The van der Waals surface area contributed by atoms with Crippen molar-refractivity contribution in [2.75, 3.05) is 31.6 Å². The molecule has 0 spiro atoms. The van der Waals surface area contributed by atoms with Gasteiger partial charge in [0.15, 0.2) is 0 Å². The third-order valence-corrected chi connectivity index (χ3v) is 7.24. The Bertz CT molecular complexity index is 1030. The van der Waals surface area contributed by atoms with Crippen LogP contribution in [-0.2, 0) is 0 Å². The van der Waals surface area contributed by atoms with E-state index in [-0.39, 0.29) is 23.9 Å². The second kappa shape index (κ2) is 8.96. The van der Waals surface area contributed by atoms with Gasteiger partial charge in [-0.3, -0.25) is 4.79 Å². The number of anilines is 1. The predicted octanol–water partition coefficient (Wildman–Crippen LogP) is 4.92. The SMILES string of the molecule is CCOc1ccc(C2Nc3ccc(C(=O)N4CCCCC4)cc3C3C2CCN3C(=O)O)cc1. The molecule has 3 unspecified atom stereocenters. The molecule has 3 aliphatic heterocycles. The van der Waals surface area contributed by atoms with Crippen LogP contribution in [0.25, 0.3) is 0 Å². The summed E-state index contributed by atoms with van der Waals surface area (Å²) in [7, 11) is 0. The van der Waals surface area contributed by atoms with Gasteiger partial charge < -0.3 is 25.0 Å². The van der Waals surface area contributed by atoms with Gasteiger partial charge in [0.1, 0.15) is 5.75 Å². The van der Waals surface area contributed by atoms with Gasteiger partial charge in [-0.05, 0) is 74.1 Å². The first-order valence-corrected chi connectivity index (χ1v) is 12.0. The Labute approximate surface area is 194 Å². The average Bonchev–Trinajstić information content (AvgIpc) is 3.30. The lowest BCUT2D eigenvalue weighted by Crippen LogP contribution is -2.38. The molecular weight excluding hydrogens is 418 g/mol. The van der Waals surface area contributed by atoms with E-state index in [1.807, 2.05) is 42.2 Å². The van der Waals surface area contributed by atoms with Crippen molar-refractivity contribution in [2.45, 2.75) is 44.7 Å². The molecule has 3 atom stereocenters. The summed E-state index contributed by atoms with van der Waals surface area (Å²) in [6.45, 7) is 4.65. The van der Waals surface area contributed by atoms with Crippen LogP contribution in [0.15, 0.2) is 42.5 Å². The van der Waals surface area contributed by atoms with Crippen LogP contribution >= 0.6 is 0 Å². The fraction of sp³-hybridized carbons (Fsp3) is 0.462. The highest BCUT2D eigenvalue weighted by Crippen LogP contribution is 2.51. The maximum absolute atomic E-state index is 13.1. The summed E-state index contributed by atoms with van der Waals surface area (Å²) >= 11 is 0. The standard InChI is InChI=1S/C26H31N3O4/c1-2-33-19-9-6-17(7-10-19)23-20-12-15-29(26(31)32)24(20)21-16-18(8-11-22(21)27-23)25(30)28-13-4-3-5-14-28/h6-11,16,20,23-24,27H,2-5,12-15H2,1H3,(H,31,32). The summed E-state index contributed by atoms with van der Waals surface area (Å²) in [5.74, 6) is 0.961. The van der Waals surface area contributed by atoms with E-state index in [0.29, 0.717) is 18.7 Å². The van der Waals surface area contributed by atoms with E-state index in [1.165, 1.54) is 6.42 Å². The van der Waals surface area contributed by atoms with Crippen LogP contribution in [0.4, 0.5) is 10.5 Å². The third kappa shape index (κ3) is 4.01. The number of benzene rings is 2. The maximum atomic E-state index is 13.1. The van der Waals surface area contributed by atoms with E-state index in [0.717, 1.165) is 54.9 Å². The van der Waals surface area contributed by atoms with E-state index in [2.05, 4.69) is 17.4 Å². The second-order valence-corrected chi connectivity index (χ2v) is 9.15. The summed E-state index contributed by atoms with van der Waals surface area (Å²) < 4.78 is 5.58. The van der Waals surface area contributed by atoms with Crippen molar-refractivity contribution in [3.8, 4) is 5.75 Å². The number of piperidine rings is 1. The Kier molecular flexibility index (Phi) is 5.87. The van der Waals surface area contributed by atoms with E-state index in [9.17, 15) is 14.7 Å². The number of hydrogen-bond acceptors (Lipinski definition) is 4. The van der Waals surface area contributed by atoms with Crippen LogP contribution in [0.2, 0.25) is 0 Å². The fourth-order valence-electron chi connectivity index (χ4n) is 5.67. The first kappa shape index (κ1) is 21.6. The fourth-order valence-corrected chi connectivity index (χ4v) is 5.67. The van der Waals surface area contributed by atoms with Crippen molar-refractivity contribution in [1.29, 1.82) is 0 Å². The quantitative estimate of drug-likeness (QED) is 0.692. The molecule has 0 aliphatic carbocycles. The molecule has 33 heavy (non-hydrogen) atoms. The molecule has 3 heterocycles. The monoisotopic (exact) mass is 449 g/mol. The Morgan fingerprint density at radius 2 is 1.82 bits per heavy atom. The minimum atomic E-state index is -0.909. The summed E-state index contributed by atoms with van der Waals surface area (Å²) in [4.78, 5) is 28.7. The maximum Gasteiger partial charge on any atom is 0.407 e. The Hall–Kier alpha value is -3.22. The Balaban J connectivity index is 1.49. The Morgan fingerprint density at radius 3 is 2.52 bits per heavy atom. The Morgan fingerprint density at radius 1 is 1.06 bits per heavy atom. The van der Waals surface area contributed by atoms with Crippen LogP contribution in [0.3, 0.4) is 0 Å². The van der Waals surface area contributed by atoms with Crippen molar-refractivity contribution in [3.05, 3.63) is 59.2 Å². The number of fused-ring (bicyclic) bond motifs is 3.